The molecule has 0 bridgehead atoms. The van der Waals surface area contributed by atoms with Crippen molar-refractivity contribution in [3.63, 3.8) is 0 Å². The molecule has 1 aromatic heterocycles. The number of pyridine rings is 1. The Bertz CT molecular complexity index is 546. The molecule has 1 aromatic rings. The molecule has 3 rings (SSSR count). The van der Waals surface area contributed by atoms with Crippen LogP contribution in [0.3, 0.4) is 0 Å². The summed E-state index contributed by atoms with van der Waals surface area (Å²) in [6, 6.07) is 4.89. The molecule has 21 heavy (non-hydrogen) atoms. The molecule has 0 aliphatic heterocycles. The topological polar surface area (TPSA) is 60.2 Å². The average Bonchev–Trinajstić information content (AvgIpc) is 2.48. The number of nitrogens with zero attached hydrogens (tertiary/aromatic N) is 3. The Labute approximate surface area is 126 Å². The smallest absolute Gasteiger partial charge is 0.147 e. The van der Waals surface area contributed by atoms with Crippen molar-refractivity contribution >= 4 is 5.82 Å². The summed E-state index contributed by atoms with van der Waals surface area (Å²) in [6.45, 7) is 0.984. The highest BCUT2D eigenvalue weighted by Crippen LogP contribution is 2.32. The SMILES string of the molecule is N#Cc1cc2c(nc1N(CCCO)C1CCC1)CCCC2. The summed E-state index contributed by atoms with van der Waals surface area (Å²) in [6.07, 6.45) is 8.84. The monoisotopic (exact) mass is 285 g/mol. The third-order valence-electron chi connectivity index (χ3n) is 4.75. The highest BCUT2D eigenvalue weighted by molar-refractivity contribution is 5.57. The number of hydrogen-bond acceptors (Lipinski definition) is 4. The number of hydrogen-bond donors (Lipinski definition) is 1. The van der Waals surface area contributed by atoms with Gasteiger partial charge in [0.1, 0.15) is 11.9 Å². The van der Waals surface area contributed by atoms with Crippen LogP contribution in [0.15, 0.2) is 6.07 Å². The fraction of sp³-hybridized carbons (Fsp3) is 0.647. The van der Waals surface area contributed by atoms with Crippen molar-refractivity contribution in [2.45, 2.75) is 57.4 Å². The summed E-state index contributed by atoms with van der Waals surface area (Å²) in [4.78, 5) is 7.13. The summed E-state index contributed by atoms with van der Waals surface area (Å²) in [5.41, 5.74) is 3.15. The predicted molar refractivity (Wildman–Crippen MR) is 82.3 cm³/mol. The lowest BCUT2D eigenvalue weighted by molar-refractivity contribution is 0.282. The van der Waals surface area contributed by atoms with E-state index in [0.717, 1.165) is 31.6 Å². The highest BCUT2D eigenvalue weighted by atomic mass is 16.3. The van der Waals surface area contributed by atoms with Crippen molar-refractivity contribution in [3.8, 4) is 6.07 Å². The Kier molecular flexibility index (Phi) is 4.40. The summed E-state index contributed by atoms with van der Waals surface area (Å²) in [7, 11) is 0. The van der Waals surface area contributed by atoms with E-state index in [-0.39, 0.29) is 6.61 Å². The first kappa shape index (κ1) is 14.3. The van der Waals surface area contributed by atoms with Crippen LogP contribution in [0, 0.1) is 11.3 Å². The minimum Gasteiger partial charge on any atom is -0.396 e. The van der Waals surface area contributed by atoms with Crippen LogP contribution in [0.2, 0.25) is 0 Å². The number of anilines is 1. The molecule has 0 amide bonds. The summed E-state index contributed by atoms with van der Waals surface area (Å²) in [5.74, 6) is 0.858. The maximum absolute atomic E-state index is 9.50. The minimum atomic E-state index is 0.191. The van der Waals surface area contributed by atoms with E-state index < -0.39 is 0 Å². The van der Waals surface area contributed by atoms with Gasteiger partial charge in [0, 0.05) is 24.9 Å². The second-order valence-corrected chi connectivity index (χ2v) is 6.14. The van der Waals surface area contributed by atoms with E-state index in [1.807, 2.05) is 0 Å². The lowest BCUT2D eigenvalue weighted by Crippen LogP contribution is -2.42. The van der Waals surface area contributed by atoms with E-state index in [9.17, 15) is 5.26 Å². The van der Waals surface area contributed by atoms with Gasteiger partial charge < -0.3 is 10.0 Å². The third kappa shape index (κ3) is 2.89. The second-order valence-electron chi connectivity index (χ2n) is 6.14. The molecule has 1 fully saturated rings. The lowest BCUT2D eigenvalue weighted by Gasteiger charge is -2.39. The standard InChI is InChI=1S/C17H23N3O/c18-12-14-11-13-5-1-2-8-16(13)19-17(14)20(9-4-10-21)15-6-3-7-15/h11,15,21H,1-10H2. The van der Waals surface area contributed by atoms with Gasteiger partial charge in [0.15, 0.2) is 0 Å². The number of aliphatic hydroxyl groups is 1. The lowest BCUT2D eigenvalue weighted by atomic mass is 9.90. The zero-order valence-electron chi connectivity index (χ0n) is 12.5. The van der Waals surface area contributed by atoms with Gasteiger partial charge in [-0.1, -0.05) is 0 Å². The van der Waals surface area contributed by atoms with Gasteiger partial charge in [-0.05, 0) is 63.0 Å². The van der Waals surface area contributed by atoms with Gasteiger partial charge in [0.25, 0.3) is 0 Å². The molecule has 0 radical (unpaired) electrons. The number of fused-ring (bicyclic) bond motifs is 1. The second kappa shape index (κ2) is 6.44. The number of aliphatic hydroxyl groups excluding tert-OH is 1. The van der Waals surface area contributed by atoms with Crippen LogP contribution >= 0.6 is 0 Å². The van der Waals surface area contributed by atoms with Gasteiger partial charge in [0.05, 0.1) is 5.56 Å². The van der Waals surface area contributed by atoms with Gasteiger partial charge in [-0.25, -0.2) is 4.98 Å². The van der Waals surface area contributed by atoms with Crippen molar-refractivity contribution in [2.24, 2.45) is 0 Å². The molecular weight excluding hydrogens is 262 g/mol. The molecule has 0 unspecified atom stereocenters. The van der Waals surface area contributed by atoms with Crippen molar-refractivity contribution < 1.29 is 5.11 Å². The predicted octanol–water partition coefficient (Wildman–Crippen LogP) is 2.57. The zero-order chi connectivity index (χ0) is 14.7. The Balaban J connectivity index is 1.95. The fourth-order valence-electron chi connectivity index (χ4n) is 3.32. The molecule has 0 saturated heterocycles. The zero-order valence-corrected chi connectivity index (χ0v) is 12.5. The fourth-order valence-corrected chi connectivity index (χ4v) is 3.32. The van der Waals surface area contributed by atoms with Crippen LogP contribution in [0.5, 0.6) is 0 Å². The summed E-state index contributed by atoms with van der Waals surface area (Å²) in [5, 5.41) is 18.6. The molecule has 1 heterocycles. The first-order valence-corrected chi connectivity index (χ1v) is 8.14. The number of aryl methyl sites for hydroxylation is 2. The first-order chi connectivity index (χ1) is 10.3. The van der Waals surface area contributed by atoms with Gasteiger partial charge >= 0.3 is 0 Å². The van der Waals surface area contributed by atoms with E-state index in [4.69, 9.17) is 10.1 Å². The van der Waals surface area contributed by atoms with Crippen molar-refractivity contribution in [1.82, 2.24) is 4.98 Å². The van der Waals surface area contributed by atoms with Crippen molar-refractivity contribution in [1.29, 1.82) is 5.26 Å². The van der Waals surface area contributed by atoms with E-state index in [0.29, 0.717) is 11.6 Å². The Morgan fingerprint density at radius 1 is 1.29 bits per heavy atom. The van der Waals surface area contributed by atoms with Crippen LogP contribution in [0.4, 0.5) is 5.82 Å². The highest BCUT2D eigenvalue weighted by Gasteiger charge is 2.28. The number of aromatic nitrogens is 1. The molecule has 4 heteroatoms. The van der Waals surface area contributed by atoms with Gasteiger partial charge in [-0.2, -0.15) is 5.26 Å². The molecular formula is C17H23N3O. The molecule has 1 N–H and O–H groups in total. The van der Waals surface area contributed by atoms with Crippen LogP contribution in [-0.2, 0) is 12.8 Å². The molecule has 0 aromatic carbocycles. The van der Waals surface area contributed by atoms with Crippen LogP contribution < -0.4 is 4.90 Å². The molecule has 1 saturated carbocycles. The minimum absolute atomic E-state index is 0.191. The Morgan fingerprint density at radius 3 is 2.76 bits per heavy atom. The molecule has 4 nitrogen and oxygen atoms in total. The van der Waals surface area contributed by atoms with Crippen molar-refractivity contribution in [3.05, 3.63) is 22.9 Å². The molecule has 0 spiro atoms. The maximum Gasteiger partial charge on any atom is 0.147 e. The van der Waals surface area contributed by atoms with Crippen molar-refractivity contribution in [2.75, 3.05) is 18.1 Å². The van der Waals surface area contributed by atoms with Gasteiger partial charge in [-0.3, -0.25) is 0 Å². The van der Waals surface area contributed by atoms with E-state index in [2.05, 4.69) is 17.0 Å². The average molecular weight is 285 g/mol. The van der Waals surface area contributed by atoms with Gasteiger partial charge in [-0.15, -0.1) is 0 Å². The van der Waals surface area contributed by atoms with Crippen LogP contribution in [0.1, 0.15) is 55.3 Å². The van der Waals surface area contributed by atoms with E-state index >= 15 is 0 Å². The molecule has 2 aliphatic rings. The van der Waals surface area contributed by atoms with Gasteiger partial charge in [0.2, 0.25) is 0 Å². The quantitative estimate of drug-likeness (QED) is 0.903. The summed E-state index contributed by atoms with van der Waals surface area (Å²) < 4.78 is 0. The number of nitriles is 1. The van der Waals surface area contributed by atoms with Crippen LogP contribution in [-0.4, -0.2) is 29.3 Å². The summed E-state index contributed by atoms with van der Waals surface area (Å²) >= 11 is 0. The Morgan fingerprint density at radius 2 is 2.10 bits per heavy atom. The Hall–Kier alpha value is -1.60. The molecule has 0 atom stereocenters. The molecule has 2 aliphatic carbocycles. The van der Waals surface area contributed by atoms with Crippen LogP contribution in [0.25, 0.3) is 0 Å². The first-order valence-electron chi connectivity index (χ1n) is 8.14. The van der Waals surface area contributed by atoms with E-state index in [1.54, 1.807) is 0 Å². The largest absolute Gasteiger partial charge is 0.396 e. The molecule has 112 valence electrons. The van der Waals surface area contributed by atoms with E-state index in [1.165, 1.54) is 43.4 Å². The number of rotatable bonds is 5. The third-order valence-corrected chi connectivity index (χ3v) is 4.75. The normalized spacial score (nSPS) is 17.7. The maximum atomic E-state index is 9.50.